The molecule has 2 aromatic rings. The summed E-state index contributed by atoms with van der Waals surface area (Å²) in [5.74, 6) is -0.259. The highest BCUT2D eigenvalue weighted by Gasteiger charge is 2.25. The summed E-state index contributed by atoms with van der Waals surface area (Å²) >= 11 is 0. The zero-order valence-electron chi connectivity index (χ0n) is 12.9. The summed E-state index contributed by atoms with van der Waals surface area (Å²) in [6.45, 7) is 3.03. The molecule has 2 amide bonds. The summed E-state index contributed by atoms with van der Waals surface area (Å²) in [5.41, 5.74) is 1.64. The number of nitrogens with one attached hydrogen (secondary N) is 1. The Hall–Kier alpha value is -2.70. The predicted octanol–water partition coefficient (Wildman–Crippen LogP) is 1.41. The van der Waals surface area contributed by atoms with Crippen molar-refractivity contribution >= 4 is 11.8 Å². The van der Waals surface area contributed by atoms with Crippen LogP contribution in [-0.4, -0.2) is 45.8 Å². The molecule has 0 unspecified atom stereocenters. The Kier molecular flexibility index (Phi) is 4.36. The first-order valence-corrected chi connectivity index (χ1v) is 7.54. The number of amides is 2. The molecule has 1 N–H and O–H groups in total. The molecule has 0 atom stereocenters. The van der Waals surface area contributed by atoms with Gasteiger partial charge in [-0.3, -0.25) is 14.6 Å². The third-order valence-electron chi connectivity index (χ3n) is 3.90. The highest BCUT2D eigenvalue weighted by atomic mass is 16.3. The lowest BCUT2D eigenvalue weighted by atomic mass is 10.0. The van der Waals surface area contributed by atoms with Crippen LogP contribution in [0.15, 0.2) is 35.4 Å². The van der Waals surface area contributed by atoms with Crippen molar-refractivity contribution in [2.24, 2.45) is 0 Å². The molecule has 120 valence electrons. The van der Waals surface area contributed by atoms with Crippen LogP contribution in [0.2, 0.25) is 0 Å². The summed E-state index contributed by atoms with van der Waals surface area (Å²) in [4.78, 5) is 34.2. The number of rotatable bonds is 3. The van der Waals surface area contributed by atoms with E-state index in [1.807, 2.05) is 6.92 Å². The lowest BCUT2D eigenvalue weighted by Gasteiger charge is -2.32. The molecule has 0 bridgehead atoms. The van der Waals surface area contributed by atoms with Crippen LogP contribution in [0.3, 0.4) is 0 Å². The molecule has 2 aromatic heterocycles. The molecule has 0 radical (unpaired) electrons. The minimum absolute atomic E-state index is 0.0343. The monoisotopic (exact) mass is 314 g/mol. The second-order valence-electron chi connectivity index (χ2n) is 5.59. The Morgan fingerprint density at radius 1 is 1.26 bits per heavy atom. The Labute approximate surface area is 133 Å². The summed E-state index contributed by atoms with van der Waals surface area (Å²) in [5, 5.41) is 2.95. The van der Waals surface area contributed by atoms with Gasteiger partial charge in [-0.1, -0.05) is 0 Å². The van der Waals surface area contributed by atoms with E-state index in [0.717, 1.165) is 5.69 Å². The van der Waals surface area contributed by atoms with E-state index in [4.69, 9.17) is 4.42 Å². The molecule has 23 heavy (non-hydrogen) atoms. The second kappa shape index (κ2) is 6.60. The summed E-state index contributed by atoms with van der Waals surface area (Å²) in [7, 11) is 0. The normalized spacial score (nSPS) is 15.4. The fourth-order valence-corrected chi connectivity index (χ4v) is 2.56. The first kappa shape index (κ1) is 15.2. The van der Waals surface area contributed by atoms with Gasteiger partial charge in [-0.2, -0.15) is 0 Å². The van der Waals surface area contributed by atoms with Crippen molar-refractivity contribution in [3.8, 4) is 0 Å². The van der Waals surface area contributed by atoms with E-state index in [0.29, 0.717) is 37.2 Å². The van der Waals surface area contributed by atoms with E-state index < -0.39 is 0 Å². The van der Waals surface area contributed by atoms with Crippen molar-refractivity contribution < 1.29 is 14.0 Å². The number of carbonyl (C=O) groups excluding carboxylic acids is 2. The second-order valence-corrected chi connectivity index (χ2v) is 5.59. The van der Waals surface area contributed by atoms with Gasteiger partial charge >= 0.3 is 0 Å². The van der Waals surface area contributed by atoms with Gasteiger partial charge in [-0.15, -0.1) is 0 Å². The number of furan rings is 1. The zero-order valence-corrected chi connectivity index (χ0v) is 12.9. The van der Waals surface area contributed by atoms with Crippen molar-refractivity contribution in [2.45, 2.75) is 25.8 Å². The van der Waals surface area contributed by atoms with Gasteiger partial charge in [0, 0.05) is 25.3 Å². The van der Waals surface area contributed by atoms with Gasteiger partial charge in [-0.05, 0) is 25.8 Å². The summed E-state index contributed by atoms with van der Waals surface area (Å²) in [6, 6.07) is 1.70. The highest BCUT2D eigenvalue weighted by Crippen LogP contribution is 2.14. The van der Waals surface area contributed by atoms with Gasteiger partial charge < -0.3 is 14.6 Å². The minimum Gasteiger partial charge on any atom is -0.472 e. The van der Waals surface area contributed by atoms with Crippen molar-refractivity contribution in [1.82, 2.24) is 20.2 Å². The quantitative estimate of drug-likeness (QED) is 0.925. The van der Waals surface area contributed by atoms with E-state index in [9.17, 15) is 9.59 Å². The molecular formula is C16H18N4O3. The zero-order chi connectivity index (χ0) is 16.2. The van der Waals surface area contributed by atoms with Crippen molar-refractivity contribution in [1.29, 1.82) is 0 Å². The minimum atomic E-state index is -0.225. The Morgan fingerprint density at radius 3 is 2.65 bits per heavy atom. The van der Waals surface area contributed by atoms with Crippen LogP contribution < -0.4 is 5.32 Å². The number of aromatic nitrogens is 2. The third kappa shape index (κ3) is 3.56. The molecule has 0 aliphatic carbocycles. The number of hydrogen-bond donors (Lipinski definition) is 1. The molecule has 0 aromatic carbocycles. The maximum Gasteiger partial charge on any atom is 0.271 e. The van der Waals surface area contributed by atoms with E-state index in [1.165, 1.54) is 18.7 Å². The molecule has 0 spiro atoms. The molecule has 3 rings (SSSR count). The Bertz CT molecular complexity index is 674. The SMILES string of the molecule is Cc1cnc(C(=O)NC2CCN(C(=O)c3ccoc3)CC2)cn1. The lowest BCUT2D eigenvalue weighted by Crippen LogP contribution is -2.46. The number of nitrogens with zero attached hydrogens (tertiary/aromatic N) is 3. The first-order chi connectivity index (χ1) is 11.1. The maximum atomic E-state index is 12.2. The Balaban J connectivity index is 1.52. The topological polar surface area (TPSA) is 88.3 Å². The lowest BCUT2D eigenvalue weighted by molar-refractivity contribution is 0.0697. The van der Waals surface area contributed by atoms with Crippen molar-refractivity contribution in [3.05, 3.63) is 47.9 Å². The largest absolute Gasteiger partial charge is 0.472 e. The fourth-order valence-electron chi connectivity index (χ4n) is 2.56. The van der Waals surface area contributed by atoms with E-state index in [-0.39, 0.29) is 17.9 Å². The average molecular weight is 314 g/mol. The van der Waals surface area contributed by atoms with Gasteiger partial charge in [0.2, 0.25) is 0 Å². The molecule has 7 nitrogen and oxygen atoms in total. The maximum absolute atomic E-state index is 12.2. The van der Waals surface area contributed by atoms with E-state index >= 15 is 0 Å². The molecule has 1 saturated heterocycles. The predicted molar refractivity (Wildman–Crippen MR) is 81.9 cm³/mol. The molecule has 0 saturated carbocycles. The van der Waals surface area contributed by atoms with Crippen LogP contribution in [0, 0.1) is 6.92 Å². The van der Waals surface area contributed by atoms with Crippen LogP contribution in [-0.2, 0) is 0 Å². The third-order valence-corrected chi connectivity index (χ3v) is 3.90. The number of hydrogen-bond acceptors (Lipinski definition) is 5. The number of aryl methyl sites for hydroxylation is 1. The van der Waals surface area contributed by atoms with E-state index in [1.54, 1.807) is 17.2 Å². The first-order valence-electron chi connectivity index (χ1n) is 7.54. The standard InChI is InChI=1S/C16H18N4O3/c1-11-8-18-14(9-17-11)15(21)19-13-2-5-20(6-3-13)16(22)12-4-7-23-10-12/h4,7-10,13H,2-3,5-6H2,1H3,(H,19,21). The van der Waals surface area contributed by atoms with Gasteiger partial charge in [-0.25, -0.2) is 4.98 Å². The van der Waals surface area contributed by atoms with Gasteiger partial charge in [0.15, 0.2) is 0 Å². The van der Waals surface area contributed by atoms with Gasteiger partial charge in [0.1, 0.15) is 12.0 Å². The highest BCUT2D eigenvalue weighted by molar-refractivity contribution is 5.94. The van der Waals surface area contributed by atoms with Gasteiger partial charge in [0.25, 0.3) is 11.8 Å². The molecular weight excluding hydrogens is 296 g/mol. The van der Waals surface area contributed by atoms with Crippen molar-refractivity contribution in [2.75, 3.05) is 13.1 Å². The van der Waals surface area contributed by atoms with Crippen LogP contribution in [0.25, 0.3) is 0 Å². The van der Waals surface area contributed by atoms with Crippen LogP contribution in [0.1, 0.15) is 39.4 Å². The Morgan fingerprint density at radius 2 is 2.04 bits per heavy atom. The molecule has 1 aliphatic heterocycles. The van der Waals surface area contributed by atoms with Crippen molar-refractivity contribution in [3.63, 3.8) is 0 Å². The molecule has 3 heterocycles. The average Bonchev–Trinajstić information content (AvgIpc) is 3.10. The van der Waals surface area contributed by atoms with Crippen LogP contribution in [0.5, 0.6) is 0 Å². The van der Waals surface area contributed by atoms with E-state index in [2.05, 4.69) is 15.3 Å². The fraction of sp³-hybridized carbons (Fsp3) is 0.375. The van der Waals surface area contributed by atoms with Crippen LogP contribution in [0.4, 0.5) is 0 Å². The summed E-state index contributed by atoms with van der Waals surface area (Å²) < 4.78 is 4.94. The number of piperidine rings is 1. The smallest absolute Gasteiger partial charge is 0.271 e. The molecule has 7 heteroatoms. The summed E-state index contributed by atoms with van der Waals surface area (Å²) in [6.07, 6.45) is 7.42. The van der Waals surface area contributed by atoms with Gasteiger partial charge in [0.05, 0.1) is 23.7 Å². The number of likely N-dealkylation sites (tertiary alicyclic amines) is 1. The molecule has 1 fully saturated rings. The number of carbonyl (C=O) groups is 2. The van der Waals surface area contributed by atoms with Crippen LogP contribution >= 0.6 is 0 Å². The molecule has 1 aliphatic rings.